The van der Waals surface area contributed by atoms with Gasteiger partial charge in [-0.3, -0.25) is 9.59 Å². The molecule has 0 radical (unpaired) electrons. The van der Waals surface area contributed by atoms with Crippen LogP contribution in [0.15, 0.2) is 47.5 Å². The van der Waals surface area contributed by atoms with Gasteiger partial charge in [0.05, 0.1) is 24.5 Å². The number of carbonyl (C=O) groups excluding carboxylic acids is 1. The number of ether oxygens (including phenoxy) is 1. The second kappa shape index (κ2) is 9.77. The number of aromatic nitrogens is 2. The van der Waals surface area contributed by atoms with E-state index in [0.29, 0.717) is 25.6 Å². The number of likely N-dealkylation sites (tertiary alicyclic amines) is 1. The van der Waals surface area contributed by atoms with Gasteiger partial charge in [0, 0.05) is 42.1 Å². The zero-order valence-corrected chi connectivity index (χ0v) is 22.3. The van der Waals surface area contributed by atoms with Crippen LogP contribution in [0.2, 0.25) is 0 Å². The van der Waals surface area contributed by atoms with Crippen LogP contribution >= 0.6 is 0 Å². The van der Waals surface area contributed by atoms with Crippen LogP contribution in [-0.4, -0.2) is 45.2 Å². The Morgan fingerprint density at radius 3 is 2.58 bits per heavy atom. The summed E-state index contributed by atoms with van der Waals surface area (Å²) in [7, 11) is 0. The smallest absolute Gasteiger partial charge is 0.269 e. The van der Waals surface area contributed by atoms with E-state index >= 15 is 0 Å². The van der Waals surface area contributed by atoms with E-state index in [1.165, 1.54) is 38.3 Å². The molecule has 2 aliphatic heterocycles. The minimum absolute atomic E-state index is 0.0552. The highest BCUT2D eigenvalue weighted by Gasteiger charge is 2.65. The molecule has 1 aliphatic carbocycles. The van der Waals surface area contributed by atoms with Crippen molar-refractivity contribution in [2.75, 3.05) is 13.1 Å². The normalized spacial score (nSPS) is 28.7. The van der Waals surface area contributed by atoms with Crippen molar-refractivity contribution in [3.05, 3.63) is 53.1 Å². The number of fused-ring (bicyclic) bond motifs is 1. The summed E-state index contributed by atoms with van der Waals surface area (Å²) in [5.41, 5.74) is 0.849. The lowest BCUT2D eigenvalue weighted by atomic mass is 9.59. The van der Waals surface area contributed by atoms with Gasteiger partial charge in [-0.15, -0.1) is 0 Å². The van der Waals surface area contributed by atoms with E-state index in [0.717, 1.165) is 17.7 Å². The lowest BCUT2D eigenvalue weighted by molar-refractivity contribution is -0.328. The molecule has 194 valence electrons. The minimum Gasteiger partial charge on any atom is -0.369 e. The maximum atomic E-state index is 13.6. The lowest BCUT2D eigenvalue weighted by Crippen LogP contribution is -2.76. The highest BCUT2D eigenvalue weighted by molar-refractivity contribution is 5.78. The molecule has 2 saturated heterocycles. The first-order chi connectivity index (χ1) is 17.2. The lowest BCUT2D eigenvalue weighted by Gasteiger charge is -2.66. The zero-order chi connectivity index (χ0) is 25.5. The highest BCUT2D eigenvalue weighted by atomic mass is 16.5. The molecule has 5 rings (SSSR count). The molecule has 0 N–H and O–H groups in total. The highest BCUT2D eigenvalue weighted by Crippen LogP contribution is 2.55. The van der Waals surface area contributed by atoms with Crippen molar-refractivity contribution in [2.24, 2.45) is 23.2 Å². The third-order valence-corrected chi connectivity index (χ3v) is 9.21. The molecule has 1 saturated carbocycles. The molecule has 2 unspecified atom stereocenters. The van der Waals surface area contributed by atoms with Gasteiger partial charge < -0.3 is 14.2 Å². The third-order valence-electron chi connectivity index (χ3n) is 9.21. The van der Waals surface area contributed by atoms with Crippen molar-refractivity contribution in [1.29, 1.82) is 0 Å². The topological polar surface area (TPSA) is 64.4 Å². The Kier molecular flexibility index (Phi) is 6.84. The maximum Gasteiger partial charge on any atom is 0.269 e. The summed E-state index contributed by atoms with van der Waals surface area (Å²) >= 11 is 0. The molecule has 1 aromatic heterocycles. The number of carbonyl (C=O) groups is 1. The van der Waals surface area contributed by atoms with Crippen molar-refractivity contribution in [1.82, 2.24) is 14.5 Å². The first-order valence-electron chi connectivity index (χ1n) is 13.8. The van der Waals surface area contributed by atoms with Crippen LogP contribution in [-0.2, 0) is 16.1 Å². The van der Waals surface area contributed by atoms with Gasteiger partial charge in [-0.05, 0) is 19.3 Å². The Hall–Kier alpha value is -2.47. The zero-order valence-electron chi connectivity index (χ0n) is 22.3. The average Bonchev–Trinajstić information content (AvgIpc) is 2.87. The molecule has 6 nitrogen and oxygen atoms in total. The first-order valence-corrected chi connectivity index (χ1v) is 13.8. The van der Waals surface area contributed by atoms with Crippen LogP contribution in [0.3, 0.4) is 0 Å². The summed E-state index contributed by atoms with van der Waals surface area (Å²) < 4.78 is 8.31. The molecule has 0 bridgehead atoms. The van der Waals surface area contributed by atoms with Gasteiger partial charge in [0.15, 0.2) is 0 Å². The molecule has 3 fully saturated rings. The van der Waals surface area contributed by atoms with Gasteiger partial charge in [-0.1, -0.05) is 83.2 Å². The van der Waals surface area contributed by atoms with Crippen molar-refractivity contribution < 1.29 is 9.53 Å². The molecule has 4 atom stereocenters. The van der Waals surface area contributed by atoms with E-state index < -0.39 is 5.60 Å². The Morgan fingerprint density at radius 2 is 1.89 bits per heavy atom. The fourth-order valence-electron chi connectivity index (χ4n) is 7.13. The van der Waals surface area contributed by atoms with E-state index in [9.17, 15) is 9.59 Å². The van der Waals surface area contributed by atoms with Gasteiger partial charge in [0.25, 0.3) is 5.56 Å². The molecular weight excluding hydrogens is 450 g/mol. The number of hydrogen-bond acceptors (Lipinski definition) is 4. The molecule has 3 aliphatic rings. The average molecular weight is 492 g/mol. The molecule has 2 aromatic rings. The maximum absolute atomic E-state index is 13.6. The molecule has 1 aromatic carbocycles. The summed E-state index contributed by atoms with van der Waals surface area (Å²) in [6.07, 6.45) is 10.8. The predicted octanol–water partition coefficient (Wildman–Crippen LogP) is 5.16. The fraction of sp³-hybridized carbons (Fsp3) is 0.633. The van der Waals surface area contributed by atoms with Gasteiger partial charge in [-0.2, -0.15) is 0 Å². The molecule has 0 spiro atoms. The van der Waals surface area contributed by atoms with E-state index in [4.69, 9.17) is 4.74 Å². The van der Waals surface area contributed by atoms with Crippen molar-refractivity contribution in [2.45, 2.75) is 84.5 Å². The Labute approximate surface area is 215 Å². The van der Waals surface area contributed by atoms with E-state index in [1.807, 2.05) is 36.5 Å². The Bertz CT molecular complexity index is 1140. The van der Waals surface area contributed by atoms with Crippen molar-refractivity contribution in [3.63, 3.8) is 0 Å². The van der Waals surface area contributed by atoms with Crippen molar-refractivity contribution >= 4 is 5.91 Å². The van der Waals surface area contributed by atoms with E-state index in [2.05, 4.69) is 37.6 Å². The number of benzene rings is 1. The van der Waals surface area contributed by atoms with Crippen LogP contribution in [0.25, 0.3) is 11.3 Å². The van der Waals surface area contributed by atoms with Gasteiger partial charge in [0.1, 0.15) is 5.60 Å². The monoisotopic (exact) mass is 491 g/mol. The fourth-order valence-corrected chi connectivity index (χ4v) is 7.13. The van der Waals surface area contributed by atoms with Gasteiger partial charge in [0.2, 0.25) is 5.91 Å². The Morgan fingerprint density at radius 1 is 1.17 bits per heavy atom. The van der Waals surface area contributed by atoms with Crippen molar-refractivity contribution in [3.8, 4) is 11.3 Å². The number of rotatable bonds is 6. The summed E-state index contributed by atoms with van der Waals surface area (Å²) in [5, 5.41) is 0. The van der Waals surface area contributed by atoms with Crippen LogP contribution in [0.4, 0.5) is 0 Å². The standard InChI is InChI=1S/C30H41N3O3/c1-21(15-23-11-7-5-8-12-23)28(35)33-17-25-22(2)36-30(25,29(3,4)19-33)20-32-18-26(31-16-27(32)34)24-13-9-6-10-14-24/h6,9-10,13-14,16,18,21-23,25H,5,7-8,11-12,15,17,19-20H2,1-4H3/t21-,22-,25?,30?/m1/s1. The third kappa shape index (κ3) is 4.53. The molecular formula is C30H41N3O3. The number of hydrogen-bond donors (Lipinski definition) is 0. The van der Waals surface area contributed by atoms with Gasteiger partial charge in [-0.25, -0.2) is 4.98 Å². The minimum atomic E-state index is -0.491. The molecule has 3 heterocycles. The van der Waals surface area contributed by atoms with Crippen LogP contribution < -0.4 is 5.56 Å². The summed E-state index contributed by atoms with van der Waals surface area (Å²) in [6.45, 7) is 10.4. The SMILES string of the molecule is C[C@H](CC1CCCCC1)C(=O)N1CC2[C@@H](C)OC2(Cn2cc(-c3ccccc3)ncc2=O)C(C)(C)C1. The van der Waals surface area contributed by atoms with Crippen LogP contribution in [0.5, 0.6) is 0 Å². The molecule has 1 amide bonds. The largest absolute Gasteiger partial charge is 0.369 e. The van der Waals surface area contributed by atoms with Gasteiger partial charge >= 0.3 is 0 Å². The van der Waals surface area contributed by atoms with E-state index in [-0.39, 0.29) is 34.8 Å². The first kappa shape index (κ1) is 25.2. The second-order valence-corrected chi connectivity index (χ2v) is 12.2. The molecule has 6 heteroatoms. The van der Waals surface area contributed by atoms with E-state index in [1.54, 1.807) is 4.57 Å². The summed E-state index contributed by atoms with van der Waals surface area (Å²) in [5.74, 6) is 1.22. The number of nitrogens with zero attached hydrogens (tertiary/aromatic N) is 3. The van der Waals surface area contributed by atoms with Crippen LogP contribution in [0.1, 0.15) is 66.2 Å². The Balaban J connectivity index is 1.35. The van der Waals surface area contributed by atoms with Crippen LogP contribution in [0, 0.1) is 23.2 Å². The number of piperidine rings is 1. The summed E-state index contributed by atoms with van der Waals surface area (Å²) in [4.78, 5) is 32.9. The molecule has 36 heavy (non-hydrogen) atoms. The quantitative estimate of drug-likeness (QED) is 0.560. The summed E-state index contributed by atoms with van der Waals surface area (Å²) in [6, 6.07) is 9.93. The predicted molar refractivity (Wildman–Crippen MR) is 141 cm³/mol. The second-order valence-electron chi connectivity index (χ2n) is 12.2. The number of amides is 1.